The fraction of sp³-hybridized carbons (Fsp3) is 0.353. The highest BCUT2D eigenvalue weighted by Gasteiger charge is 2.37. The molecule has 1 aliphatic rings. The van der Waals surface area contributed by atoms with E-state index >= 15 is 0 Å². The molecule has 0 bridgehead atoms. The van der Waals surface area contributed by atoms with Crippen LogP contribution in [0.2, 0.25) is 5.15 Å². The topological polar surface area (TPSA) is 58.1 Å². The molecule has 2 aromatic rings. The van der Waals surface area contributed by atoms with Gasteiger partial charge in [-0.15, -0.1) is 0 Å². The number of hydrogen-bond donors (Lipinski definition) is 1. The van der Waals surface area contributed by atoms with Crippen LogP contribution in [0.1, 0.15) is 27.0 Å². The molecule has 162 valence electrons. The van der Waals surface area contributed by atoms with Crippen molar-refractivity contribution < 1.29 is 31.1 Å². The molecular weight excluding hydrogens is 458 g/mol. The highest BCUT2D eigenvalue weighted by atomic mass is 35.5. The van der Waals surface area contributed by atoms with E-state index in [2.05, 4.69) is 15.3 Å². The molecule has 0 aliphatic carbocycles. The predicted molar refractivity (Wildman–Crippen MR) is 98.5 cm³/mol. The molecule has 0 unspecified atom stereocenters. The number of carbonyl (C=O) groups excluding carboxylic acids is 1. The molecule has 3 rings (SSSR count). The standard InChI is InChI=1S/C17H13ClF6N4OS/c1-30-15-26-12(18)11-13(27-15)25-2-3-28(14(11)29)7-8-4-9(16(19,20)21)6-10(5-8)17(22,23)24/h4-6H,2-3,7H2,1H3,(H,25,26,27). The Labute approximate surface area is 175 Å². The van der Waals surface area contributed by atoms with Crippen molar-refractivity contribution in [2.24, 2.45) is 0 Å². The van der Waals surface area contributed by atoms with E-state index in [9.17, 15) is 31.1 Å². The molecule has 1 aromatic carbocycles. The number of halogens is 7. The van der Waals surface area contributed by atoms with Crippen LogP contribution < -0.4 is 5.32 Å². The van der Waals surface area contributed by atoms with Crippen molar-refractivity contribution in [3.05, 3.63) is 45.6 Å². The quantitative estimate of drug-likeness (QED) is 0.297. The Morgan fingerprint density at radius 2 is 1.70 bits per heavy atom. The number of anilines is 1. The van der Waals surface area contributed by atoms with Gasteiger partial charge < -0.3 is 10.2 Å². The molecule has 0 saturated carbocycles. The van der Waals surface area contributed by atoms with Crippen molar-refractivity contribution in [1.29, 1.82) is 0 Å². The highest BCUT2D eigenvalue weighted by Crippen LogP contribution is 2.37. The molecule has 1 aromatic heterocycles. The summed E-state index contributed by atoms with van der Waals surface area (Å²) in [6, 6.07) is 1.23. The summed E-state index contributed by atoms with van der Waals surface area (Å²) >= 11 is 7.27. The number of amides is 1. The maximum Gasteiger partial charge on any atom is 0.416 e. The molecule has 1 aliphatic heterocycles. The number of hydrogen-bond acceptors (Lipinski definition) is 5. The van der Waals surface area contributed by atoms with E-state index in [0.29, 0.717) is 17.3 Å². The van der Waals surface area contributed by atoms with Crippen LogP contribution in [-0.2, 0) is 18.9 Å². The van der Waals surface area contributed by atoms with Crippen LogP contribution in [-0.4, -0.2) is 40.1 Å². The van der Waals surface area contributed by atoms with Gasteiger partial charge in [0.2, 0.25) is 0 Å². The number of rotatable bonds is 3. The fourth-order valence-electron chi connectivity index (χ4n) is 2.87. The molecule has 30 heavy (non-hydrogen) atoms. The third kappa shape index (κ3) is 4.75. The third-order valence-electron chi connectivity index (χ3n) is 4.22. The molecule has 1 N–H and O–H groups in total. The Bertz CT molecular complexity index is 950. The Balaban J connectivity index is 1.99. The number of nitrogens with one attached hydrogen (secondary N) is 1. The van der Waals surface area contributed by atoms with Crippen molar-refractivity contribution >= 4 is 35.1 Å². The first-order chi connectivity index (χ1) is 13.9. The number of aromatic nitrogens is 2. The van der Waals surface area contributed by atoms with E-state index in [4.69, 9.17) is 11.6 Å². The molecule has 5 nitrogen and oxygen atoms in total. The van der Waals surface area contributed by atoms with Gasteiger partial charge in [0.05, 0.1) is 11.1 Å². The van der Waals surface area contributed by atoms with E-state index in [1.54, 1.807) is 6.26 Å². The van der Waals surface area contributed by atoms with Crippen molar-refractivity contribution in [2.45, 2.75) is 24.1 Å². The first kappa shape index (κ1) is 22.5. The zero-order valence-corrected chi connectivity index (χ0v) is 16.7. The fourth-order valence-corrected chi connectivity index (χ4v) is 3.54. The summed E-state index contributed by atoms with van der Waals surface area (Å²) in [4.78, 5) is 22.1. The average molecular weight is 471 g/mol. The maximum absolute atomic E-state index is 13.1. The van der Waals surface area contributed by atoms with Gasteiger partial charge in [-0.2, -0.15) is 26.3 Å². The lowest BCUT2D eigenvalue weighted by molar-refractivity contribution is -0.143. The second-order valence-electron chi connectivity index (χ2n) is 6.29. The van der Waals surface area contributed by atoms with Gasteiger partial charge in [-0.25, -0.2) is 9.97 Å². The van der Waals surface area contributed by atoms with Crippen LogP contribution in [0.5, 0.6) is 0 Å². The lowest BCUT2D eigenvalue weighted by Gasteiger charge is -2.22. The Kier molecular flexibility index (Phi) is 6.10. The van der Waals surface area contributed by atoms with Crippen LogP contribution in [0.4, 0.5) is 32.2 Å². The molecule has 0 atom stereocenters. The smallest absolute Gasteiger partial charge is 0.367 e. The van der Waals surface area contributed by atoms with Crippen LogP contribution in [0, 0.1) is 0 Å². The Morgan fingerprint density at radius 1 is 1.10 bits per heavy atom. The van der Waals surface area contributed by atoms with E-state index in [1.165, 1.54) is 11.8 Å². The normalized spacial score (nSPS) is 14.9. The van der Waals surface area contributed by atoms with Gasteiger partial charge in [0.15, 0.2) is 5.16 Å². The first-order valence-electron chi connectivity index (χ1n) is 8.33. The molecule has 2 heterocycles. The van der Waals surface area contributed by atoms with Gasteiger partial charge in [0.25, 0.3) is 5.91 Å². The lowest BCUT2D eigenvalue weighted by atomic mass is 10.0. The van der Waals surface area contributed by atoms with E-state index in [1.807, 2.05) is 0 Å². The van der Waals surface area contributed by atoms with Crippen LogP contribution in [0.15, 0.2) is 23.4 Å². The summed E-state index contributed by atoms with van der Waals surface area (Å²) in [5.74, 6) is -0.537. The van der Waals surface area contributed by atoms with Crippen molar-refractivity contribution in [1.82, 2.24) is 14.9 Å². The molecule has 0 fully saturated rings. The van der Waals surface area contributed by atoms with Crippen molar-refractivity contribution in [2.75, 3.05) is 24.7 Å². The summed E-state index contributed by atoms with van der Waals surface area (Å²) in [5.41, 5.74) is -3.29. The average Bonchev–Trinajstić information content (AvgIpc) is 2.79. The third-order valence-corrected chi connectivity index (χ3v) is 5.04. The Hall–Kier alpha value is -2.21. The van der Waals surface area contributed by atoms with Gasteiger partial charge in [-0.3, -0.25) is 4.79 Å². The second-order valence-corrected chi connectivity index (χ2v) is 7.42. The highest BCUT2D eigenvalue weighted by molar-refractivity contribution is 7.98. The van der Waals surface area contributed by atoms with Gasteiger partial charge in [-0.1, -0.05) is 23.4 Å². The van der Waals surface area contributed by atoms with Gasteiger partial charge in [-0.05, 0) is 30.0 Å². The summed E-state index contributed by atoms with van der Waals surface area (Å²) < 4.78 is 78.5. The summed E-state index contributed by atoms with van der Waals surface area (Å²) in [6.45, 7) is -0.295. The van der Waals surface area contributed by atoms with Crippen LogP contribution in [0.25, 0.3) is 0 Å². The van der Waals surface area contributed by atoms with E-state index in [0.717, 1.165) is 4.90 Å². The van der Waals surface area contributed by atoms with Gasteiger partial charge in [0.1, 0.15) is 16.5 Å². The molecule has 0 saturated heterocycles. The largest absolute Gasteiger partial charge is 0.416 e. The first-order valence-corrected chi connectivity index (χ1v) is 9.93. The van der Waals surface area contributed by atoms with Crippen LogP contribution in [0.3, 0.4) is 0 Å². The van der Waals surface area contributed by atoms with Crippen molar-refractivity contribution in [3.63, 3.8) is 0 Å². The number of nitrogens with zero attached hydrogens (tertiary/aromatic N) is 3. The Morgan fingerprint density at radius 3 is 2.23 bits per heavy atom. The molecular formula is C17H13ClF6N4OS. The van der Waals surface area contributed by atoms with Crippen molar-refractivity contribution in [3.8, 4) is 0 Å². The SMILES string of the molecule is CSc1nc(Cl)c2c(n1)NCCN(Cc1cc(C(F)(F)F)cc(C(F)(F)F)c1)C2=O. The van der Waals surface area contributed by atoms with Gasteiger partial charge >= 0.3 is 12.4 Å². The summed E-state index contributed by atoms with van der Waals surface area (Å²) in [6.07, 6.45) is -8.24. The minimum absolute atomic E-state index is 0.0116. The molecule has 0 spiro atoms. The zero-order chi connectivity index (χ0) is 22.3. The molecule has 0 radical (unpaired) electrons. The summed E-state index contributed by atoms with van der Waals surface area (Å²) in [5, 5.41) is 3.03. The van der Waals surface area contributed by atoms with Crippen LogP contribution >= 0.6 is 23.4 Å². The zero-order valence-electron chi connectivity index (χ0n) is 15.2. The van der Waals surface area contributed by atoms with E-state index < -0.39 is 35.9 Å². The number of thioether (sulfide) groups is 1. The molecule has 13 heteroatoms. The minimum Gasteiger partial charge on any atom is -0.367 e. The number of alkyl halides is 6. The lowest BCUT2D eigenvalue weighted by Crippen LogP contribution is -2.32. The number of benzene rings is 1. The predicted octanol–water partition coefficient (Wildman–Crippen LogP) is 4.96. The van der Waals surface area contributed by atoms with E-state index in [-0.39, 0.29) is 41.3 Å². The summed E-state index contributed by atoms with van der Waals surface area (Å²) in [7, 11) is 0. The number of fused-ring (bicyclic) bond motifs is 1. The monoisotopic (exact) mass is 470 g/mol. The minimum atomic E-state index is -4.97. The number of carbonyl (C=O) groups is 1. The maximum atomic E-state index is 13.1. The second kappa shape index (κ2) is 8.14. The van der Waals surface area contributed by atoms with Gasteiger partial charge in [0, 0.05) is 19.6 Å². The molecule has 1 amide bonds.